The fourth-order valence-electron chi connectivity index (χ4n) is 1.62. The Morgan fingerprint density at radius 2 is 2.06 bits per heavy atom. The molecule has 1 aromatic heterocycles. The molecule has 0 saturated heterocycles. The highest BCUT2D eigenvalue weighted by molar-refractivity contribution is 5.23. The molecule has 1 aromatic rings. The van der Waals surface area contributed by atoms with Crippen molar-refractivity contribution in [2.75, 3.05) is 13.1 Å². The summed E-state index contributed by atoms with van der Waals surface area (Å²) in [5.74, 6) is 0. The van der Waals surface area contributed by atoms with Crippen molar-refractivity contribution >= 4 is 0 Å². The Labute approximate surface area is 103 Å². The van der Waals surface area contributed by atoms with Crippen LogP contribution < -0.4 is 0 Å². The molecule has 0 fully saturated rings. The first kappa shape index (κ1) is 13.1. The number of aromatic nitrogens is 1. The molecule has 3 nitrogen and oxygen atoms in total. The number of aryl methyl sites for hydroxylation is 1. The van der Waals surface area contributed by atoms with Crippen LogP contribution in [-0.2, 0) is 0 Å². The standard InChI is InChI=1S/C14H17N3/c1-4-8-17(9-5-2)14(10-15)13-7-6-12(3)16-11-13/h4-7,11,14H,1-2,8-9H2,3H3. The lowest BCUT2D eigenvalue weighted by Gasteiger charge is -2.24. The van der Waals surface area contributed by atoms with Gasteiger partial charge in [-0.3, -0.25) is 9.88 Å². The van der Waals surface area contributed by atoms with Crippen molar-refractivity contribution < 1.29 is 0 Å². The molecule has 88 valence electrons. The van der Waals surface area contributed by atoms with E-state index in [1.807, 2.05) is 24.0 Å². The van der Waals surface area contributed by atoms with Gasteiger partial charge in [-0.15, -0.1) is 13.2 Å². The predicted octanol–water partition coefficient (Wildman–Crippen LogP) is 2.63. The van der Waals surface area contributed by atoms with Crippen molar-refractivity contribution in [2.24, 2.45) is 0 Å². The Hall–Kier alpha value is -1.92. The van der Waals surface area contributed by atoms with Gasteiger partial charge in [0.2, 0.25) is 0 Å². The van der Waals surface area contributed by atoms with Crippen LogP contribution >= 0.6 is 0 Å². The van der Waals surface area contributed by atoms with E-state index in [0.717, 1.165) is 11.3 Å². The van der Waals surface area contributed by atoms with Crippen LogP contribution in [0.2, 0.25) is 0 Å². The summed E-state index contributed by atoms with van der Waals surface area (Å²) in [7, 11) is 0. The summed E-state index contributed by atoms with van der Waals surface area (Å²) in [5.41, 5.74) is 1.85. The first-order valence-corrected chi connectivity index (χ1v) is 5.51. The van der Waals surface area contributed by atoms with E-state index in [-0.39, 0.29) is 6.04 Å². The number of pyridine rings is 1. The average molecular weight is 227 g/mol. The molecule has 3 heteroatoms. The molecule has 0 aliphatic heterocycles. The molecule has 0 radical (unpaired) electrons. The summed E-state index contributed by atoms with van der Waals surface area (Å²) in [6.07, 6.45) is 5.33. The summed E-state index contributed by atoms with van der Waals surface area (Å²) in [6.45, 7) is 10.6. The van der Waals surface area contributed by atoms with Crippen LogP contribution in [0.25, 0.3) is 0 Å². The van der Waals surface area contributed by atoms with Crippen LogP contribution in [0, 0.1) is 18.3 Å². The van der Waals surface area contributed by atoms with Gasteiger partial charge in [-0.05, 0) is 13.0 Å². The van der Waals surface area contributed by atoms with E-state index in [2.05, 4.69) is 24.2 Å². The maximum atomic E-state index is 9.28. The zero-order valence-corrected chi connectivity index (χ0v) is 10.1. The molecule has 1 unspecified atom stereocenters. The molecule has 0 amide bonds. The van der Waals surface area contributed by atoms with Gasteiger partial charge in [-0.2, -0.15) is 5.26 Å². The van der Waals surface area contributed by atoms with E-state index >= 15 is 0 Å². The van der Waals surface area contributed by atoms with E-state index in [4.69, 9.17) is 0 Å². The molecule has 0 N–H and O–H groups in total. The summed E-state index contributed by atoms with van der Waals surface area (Å²) < 4.78 is 0. The Bertz CT molecular complexity index is 404. The van der Waals surface area contributed by atoms with Crippen LogP contribution in [0.15, 0.2) is 43.6 Å². The molecule has 0 aliphatic rings. The summed E-state index contributed by atoms with van der Waals surface area (Å²) in [6, 6.07) is 5.85. The molecule has 0 bridgehead atoms. The SMILES string of the molecule is C=CCN(CC=C)C(C#N)c1ccc(C)nc1. The van der Waals surface area contributed by atoms with Gasteiger partial charge in [0, 0.05) is 30.5 Å². The smallest absolute Gasteiger partial charge is 0.125 e. The molecule has 0 aliphatic carbocycles. The zero-order valence-electron chi connectivity index (χ0n) is 10.1. The second kappa shape index (κ2) is 6.62. The van der Waals surface area contributed by atoms with E-state index in [9.17, 15) is 5.26 Å². The lowest BCUT2D eigenvalue weighted by Crippen LogP contribution is -2.28. The Balaban J connectivity index is 2.95. The maximum absolute atomic E-state index is 9.28. The first-order chi connectivity index (χ1) is 8.22. The lowest BCUT2D eigenvalue weighted by atomic mass is 10.1. The minimum Gasteiger partial charge on any atom is -0.277 e. The highest BCUT2D eigenvalue weighted by atomic mass is 15.1. The monoisotopic (exact) mass is 227 g/mol. The molecule has 1 rings (SSSR count). The third kappa shape index (κ3) is 3.54. The molecule has 0 aromatic carbocycles. The van der Waals surface area contributed by atoms with Crippen LogP contribution in [0.1, 0.15) is 17.3 Å². The van der Waals surface area contributed by atoms with Gasteiger partial charge in [0.1, 0.15) is 6.04 Å². The third-order valence-electron chi connectivity index (χ3n) is 2.46. The van der Waals surface area contributed by atoms with Crippen LogP contribution in [0.5, 0.6) is 0 Å². The van der Waals surface area contributed by atoms with Crippen LogP contribution in [-0.4, -0.2) is 23.0 Å². The fraction of sp³-hybridized carbons (Fsp3) is 0.286. The van der Waals surface area contributed by atoms with Crippen molar-refractivity contribution in [3.05, 3.63) is 54.9 Å². The lowest BCUT2D eigenvalue weighted by molar-refractivity contribution is 0.290. The van der Waals surface area contributed by atoms with E-state index < -0.39 is 0 Å². The van der Waals surface area contributed by atoms with E-state index in [1.54, 1.807) is 18.3 Å². The largest absolute Gasteiger partial charge is 0.277 e. The Kier molecular flexibility index (Phi) is 5.12. The molecule has 1 heterocycles. The molecule has 0 saturated carbocycles. The third-order valence-corrected chi connectivity index (χ3v) is 2.46. The topological polar surface area (TPSA) is 39.9 Å². The minimum atomic E-state index is -0.306. The van der Waals surface area contributed by atoms with Crippen molar-refractivity contribution in [3.8, 4) is 6.07 Å². The van der Waals surface area contributed by atoms with Crippen molar-refractivity contribution in [2.45, 2.75) is 13.0 Å². The van der Waals surface area contributed by atoms with Gasteiger partial charge < -0.3 is 0 Å². The second-order valence-corrected chi connectivity index (χ2v) is 3.80. The van der Waals surface area contributed by atoms with Crippen molar-refractivity contribution in [3.63, 3.8) is 0 Å². The second-order valence-electron chi connectivity index (χ2n) is 3.80. The van der Waals surface area contributed by atoms with Crippen molar-refractivity contribution in [1.29, 1.82) is 5.26 Å². The van der Waals surface area contributed by atoms with Gasteiger partial charge in [0.25, 0.3) is 0 Å². The highest BCUT2D eigenvalue weighted by Gasteiger charge is 2.17. The predicted molar refractivity (Wildman–Crippen MR) is 69.3 cm³/mol. The Morgan fingerprint density at radius 3 is 2.47 bits per heavy atom. The number of hydrogen-bond acceptors (Lipinski definition) is 3. The normalized spacial score (nSPS) is 11.8. The summed E-state index contributed by atoms with van der Waals surface area (Å²) in [5, 5.41) is 9.28. The maximum Gasteiger partial charge on any atom is 0.125 e. The average Bonchev–Trinajstić information content (AvgIpc) is 2.33. The van der Waals surface area contributed by atoms with Gasteiger partial charge in [-0.25, -0.2) is 0 Å². The van der Waals surface area contributed by atoms with Crippen molar-refractivity contribution in [1.82, 2.24) is 9.88 Å². The zero-order chi connectivity index (χ0) is 12.7. The van der Waals surface area contributed by atoms with Crippen LogP contribution in [0.3, 0.4) is 0 Å². The minimum absolute atomic E-state index is 0.306. The molecular weight excluding hydrogens is 210 g/mol. The molecular formula is C14H17N3. The van der Waals surface area contributed by atoms with Gasteiger partial charge in [-0.1, -0.05) is 18.2 Å². The fourth-order valence-corrected chi connectivity index (χ4v) is 1.62. The number of hydrogen-bond donors (Lipinski definition) is 0. The Morgan fingerprint density at radius 1 is 1.41 bits per heavy atom. The number of nitriles is 1. The van der Waals surface area contributed by atoms with Crippen LogP contribution in [0.4, 0.5) is 0 Å². The van der Waals surface area contributed by atoms with Gasteiger partial charge in [0.05, 0.1) is 6.07 Å². The van der Waals surface area contributed by atoms with Gasteiger partial charge >= 0.3 is 0 Å². The van der Waals surface area contributed by atoms with E-state index in [0.29, 0.717) is 13.1 Å². The molecule has 1 atom stereocenters. The highest BCUT2D eigenvalue weighted by Crippen LogP contribution is 2.19. The summed E-state index contributed by atoms with van der Waals surface area (Å²) >= 11 is 0. The number of nitrogens with zero attached hydrogens (tertiary/aromatic N) is 3. The quantitative estimate of drug-likeness (QED) is 0.701. The van der Waals surface area contributed by atoms with E-state index in [1.165, 1.54) is 0 Å². The number of rotatable bonds is 6. The molecule has 0 spiro atoms. The summed E-state index contributed by atoms with van der Waals surface area (Å²) in [4.78, 5) is 6.21. The van der Waals surface area contributed by atoms with Gasteiger partial charge in [0.15, 0.2) is 0 Å². The first-order valence-electron chi connectivity index (χ1n) is 5.51. The molecule has 17 heavy (non-hydrogen) atoms.